The highest BCUT2D eigenvalue weighted by Crippen LogP contribution is 2.47. The predicted molar refractivity (Wildman–Crippen MR) is 258 cm³/mol. The number of nitrogens with zero attached hydrogens (tertiary/aromatic N) is 4. The van der Waals surface area contributed by atoms with E-state index >= 15 is 0 Å². The lowest BCUT2D eigenvalue weighted by Crippen LogP contribution is -2.25. The fourth-order valence-electron chi connectivity index (χ4n) is 8.70. The Kier molecular flexibility index (Phi) is 8.79. The van der Waals surface area contributed by atoms with E-state index in [0.717, 1.165) is 61.2 Å². The first-order chi connectivity index (χ1) is 30.1. The predicted octanol–water partition coefficient (Wildman–Crippen LogP) is 15.4. The van der Waals surface area contributed by atoms with Crippen LogP contribution in [0, 0.1) is 13.8 Å². The van der Waals surface area contributed by atoms with E-state index in [-0.39, 0.29) is 16.2 Å². The number of aromatic nitrogens is 2. The molecule has 1 aliphatic rings. The number of fused-ring (bicyclic) bond motifs is 4. The third kappa shape index (κ3) is 7.45. The van der Waals surface area contributed by atoms with E-state index in [9.17, 15) is 0 Å². The van der Waals surface area contributed by atoms with Crippen molar-refractivity contribution >= 4 is 44.6 Å². The van der Waals surface area contributed by atoms with E-state index in [1.54, 1.807) is 6.20 Å². The van der Waals surface area contributed by atoms with Crippen molar-refractivity contribution in [1.82, 2.24) is 9.55 Å². The van der Waals surface area contributed by atoms with Gasteiger partial charge >= 0.3 is 0 Å². The Bertz CT molecular complexity index is 3050. The highest BCUT2D eigenvalue weighted by molar-refractivity contribution is 6.09. The van der Waals surface area contributed by atoms with Crippen LogP contribution in [-0.4, -0.2) is 16.2 Å². The molecule has 0 spiro atoms. The molecule has 5 nitrogen and oxygen atoms in total. The second kappa shape index (κ2) is 14.7. The van der Waals surface area contributed by atoms with Gasteiger partial charge < -0.3 is 14.5 Å². The van der Waals surface area contributed by atoms with Crippen LogP contribution in [0.15, 0.2) is 140 Å². The lowest BCUT2D eigenvalue weighted by molar-refractivity contribution is 0.483. The molecule has 3 heterocycles. The Morgan fingerprint density at radius 1 is 0.541 bits per heavy atom. The SMILES string of the molecule is [2H]C([2H])([2H])c1cc(C(C)(C)C)cc(C)c1-c1ccnc(-n2c3ccccc3c3ccc(Oc4cccc(N5CN(c6cc(C(C)(C)C)cc(C(C)(C)C)c6)c6ccccc65)c4)cc32)c1. The smallest absolute Gasteiger partial charge is 0.138 e. The Labute approximate surface area is 366 Å². The molecule has 0 saturated carbocycles. The molecular weight excluding hydrogens is 745 g/mol. The molecule has 1 aliphatic heterocycles. The van der Waals surface area contributed by atoms with E-state index in [0.29, 0.717) is 23.8 Å². The number of para-hydroxylation sites is 3. The molecule has 0 saturated heterocycles. The summed E-state index contributed by atoms with van der Waals surface area (Å²) in [4.78, 5) is 9.69. The molecule has 0 aliphatic carbocycles. The van der Waals surface area contributed by atoms with Crippen molar-refractivity contribution < 1.29 is 8.85 Å². The number of pyridine rings is 1. The van der Waals surface area contributed by atoms with Gasteiger partial charge in [-0.2, -0.15) is 0 Å². The second-order valence-corrected chi connectivity index (χ2v) is 19.8. The lowest BCUT2D eigenvalue weighted by atomic mass is 9.80. The number of hydrogen-bond acceptors (Lipinski definition) is 4. The van der Waals surface area contributed by atoms with E-state index in [4.69, 9.17) is 13.8 Å². The van der Waals surface area contributed by atoms with Crippen molar-refractivity contribution in [2.24, 2.45) is 0 Å². The van der Waals surface area contributed by atoms with Crippen LogP contribution >= 0.6 is 0 Å². The largest absolute Gasteiger partial charge is 0.457 e. The van der Waals surface area contributed by atoms with Crippen LogP contribution in [0.4, 0.5) is 22.7 Å². The minimum Gasteiger partial charge on any atom is -0.457 e. The van der Waals surface area contributed by atoms with Gasteiger partial charge in [0.15, 0.2) is 0 Å². The minimum absolute atomic E-state index is 0.00197. The van der Waals surface area contributed by atoms with Crippen LogP contribution in [0.3, 0.4) is 0 Å². The van der Waals surface area contributed by atoms with Gasteiger partial charge in [0.25, 0.3) is 0 Å². The van der Waals surface area contributed by atoms with E-state index < -0.39 is 6.85 Å². The first kappa shape index (κ1) is 36.5. The number of aryl methyl sites for hydroxylation is 2. The molecule has 308 valence electrons. The summed E-state index contributed by atoms with van der Waals surface area (Å²) < 4.78 is 34.6. The van der Waals surface area contributed by atoms with Crippen molar-refractivity contribution in [2.45, 2.75) is 92.3 Å². The maximum atomic E-state index is 8.57. The third-order valence-corrected chi connectivity index (χ3v) is 12.2. The maximum Gasteiger partial charge on any atom is 0.138 e. The highest BCUT2D eigenvalue weighted by Gasteiger charge is 2.30. The van der Waals surface area contributed by atoms with Gasteiger partial charge in [0, 0.05) is 44.6 Å². The Morgan fingerprint density at radius 3 is 1.84 bits per heavy atom. The first-order valence-electron chi connectivity index (χ1n) is 22.9. The van der Waals surface area contributed by atoms with Crippen LogP contribution in [0.25, 0.3) is 38.8 Å². The van der Waals surface area contributed by atoms with Gasteiger partial charge in [-0.3, -0.25) is 4.57 Å². The van der Waals surface area contributed by atoms with Crippen molar-refractivity contribution in [2.75, 3.05) is 16.5 Å². The maximum absolute atomic E-state index is 8.57. The molecule has 0 fully saturated rings. The summed E-state index contributed by atoms with van der Waals surface area (Å²) in [6.07, 6.45) is 1.78. The van der Waals surface area contributed by atoms with E-state index in [1.807, 2.05) is 43.3 Å². The number of hydrogen-bond donors (Lipinski definition) is 0. The summed E-state index contributed by atoms with van der Waals surface area (Å²) >= 11 is 0. The van der Waals surface area contributed by atoms with Gasteiger partial charge in [-0.05, 0) is 136 Å². The fraction of sp³-hybridized carbons (Fsp3) is 0.268. The zero-order valence-corrected chi connectivity index (χ0v) is 37.2. The van der Waals surface area contributed by atoms with E-state index in [1.165, 1.54) is 22.5 Å². The van der Waals surface area contributed by atoms with Gasteiger partial charge in [-0.1, -0.05) is 117 Å². The van der Waals surface area contributed by atoms with Gasteiger partial charge in [-0.25, -0.2) is 4.98 Å². The number of ether oxygens (including phenoxy) is 1. The Hall–Kier alpha value is -6.33. The van der Waals surface area contributed by atoms with Gasteiger partial charge in [0.05, 0.1) is 22.4 Å². The molecule has 0 atom stereocenters. The summed E-state index contributed by atoms with van der Waals surface area (Å²) in [5, 5.41) is 2.16. The zero-order valence-electron chi connectivity index (χ0n) is 40.2. The molecule has 0 amide bonds. The summed E-state index contributed by atoms with van der Waals surface area (Å²) in [5.41, 5.74) is 12.7. The summed E-state index contributed by atoms with van der Waals surface area (Å²) in [6, 6.07) is 46.5. The average molecular weight is 806 g/mol. The molecule has 8 aromatic rings. The first-order valence-corrected chi connectivity index (χ1v) is 21.4. The molecule has 6 aromatic carbocycles. The Morgan fingerprint density at radius 2 is 1.15 bits per heavy atom. The van der Waals surface area contributed by atoms with Crippen molar-refractivity contribution in [3.05, 3.63) is 167 Å². The third-order valence-electron chi connectivity index (χ3n) is 12.2. The standard InChI is InChI=1S/C56H58N4O/c1-36-27-39(54(3,4)5)28-37(2)53(36)38-25-26-57-52(29-38)60-48-20-13-12-19-46(48)47-24-23-45(34-51(47)60)61-44-18-16-17-42(33-44)58-35-59(50-22-15-14-21-49(50)58)43-31-40(55(6,7)8)30-41(32-43)56(9,10)11/h12-34H,35H2,1-11H3/i1D3. The minimum atomic E-state index is -2.30. The molecule has 0 N–H and O–H groups in total. The second-order valence-electron chi connectivity index (χ2n) is 19.8. The molecule has 0 radical (unpaired) electrons. The highest BCUT2D eigenvalue weighted by atomic mass is 16.5. The molecule has 5 heteroatoms. The zero-order chi connectivity index (χ0) is 45.5. The fourth-order valence-corrected chi connectivity index (χ4v) is 8.70. The van der Waals surface area contributed by atoms with Crippen LogP contribution in [0.1, 0.15) is 94.2 Å². The molecule has 9 rings (SSSR count). The van der Waals surface area contributed by atoms with Gasteiger partial charge in [-0.15, -0.1) is 0 Å². The molecule has 2 aromatic heterocycles. The van der Waals surface area contributed by atoms with E-state index in [2.05, 4.69) is 174 Å². The average Bonchev–Trinajstić information content (AvgIpc) is 3.78. The molecule has 0 unspecified atom stereocenters. The number of anilines is 4. The molecule has 0 bridgehead atoms. The summed E-state index contributed by atoms with van der Waals surface area (Å²) in [7, 11) is 0. The molecule has 61 heavy (non-hydrogen) atoms. The topological polar surface area (TPSA) is 33.5 Å². The van der Waals surface area contributed by atoms with Crippen molar-refractivity contribution in [3.63, 3.8) is 0 Å². The lowest BCUT2D eigenvalue weighted by Gasteiger charge is -2.29. The van der Waals surface area contributed by atoms with Crippen LogP contribution in [-0.2, 0) is 16.2 Å². The Balaban J connectivity index is 1.08. The quantitative estimate of drug-likeness (QED) is 0.168. The van der Waals surface area contributed by atoms with Crippen LogP contribution < -0.4 is 14.5 Å². The number of benzene rings is 6. The number of rotatable bonds is 6. The van der Waals surface area contributed by atoms with Crippen LogP contribution in [0.5, 0.6) is 11.5 Å². The van der Waals surface area contributed by atoms with Crippen molar-refractivity contribution in [3.8, 4) is 28.4 Å². The summed E-state index contributed by atoms with van der Waals surface area (Å²) in [6.45, 7) is 20.4. The van der Waals surface area contributed by atoms with Gasteiger partial charge in [0.1, 0.15) is 24.0 Å². The molecular formula is C56H58N4O. The summed E-state index contributed by atoms with van der Waals surface area (Å²) in [5.74, 6) is 2.12. The van der Waals surface area contributed by atoms with Crippen LogP contribution in [0.2, 0.25) is 0 Å². The van der Waals surface area contributed by atoms with Crippen molar-refractivity contribution in [1.29, 1.82) is 0 Å². The normalized spacial score (nSPS) is 14.3. The monoisotopic (exact) mass is 805 g/mol. The van der Waals surface area contributed by atoms with Gasteiger partial charge in [0.2, 0.25) is 0 Å².